The van der Waals surface area contributed by atoms with Gasteiger partial charge in [-0.25, -0.2) is 0 Å². The molecule has 2 aromatic rings. The molecule has 0 saturated heterocycles. The van der Waals surface area contributed by atoms with E-state index in [2.05, 4.69) is 56.1 Å². The highest BCUT2D eigenvalue weighted by Gasteiger charge is 2.14. The monoisotopic (exact) mass is 419 g/mol. The molecule has 20 heavy (non-hydrogen) atoms. The molecule has 1 heterocycles. The number of para-hydroxylation sites is 1. The Kier molecular flexibility index (Phi) is 5.52. The third kappa shape index (κ3) is 3.21. The highest BCUT2D eigenvalue weighted by atomic mass is 79.9. The van der Waals surface area contributed by atoms with Crippen LogP contribution in [0.1, 0.15) is 25.2 Å². The lowest BCUT2D eigenvalue weighted by atomic mass is 10.2. The molecule has 108 valence electrons. The van der Waals surface area contributed by atoms with Gasteiger partial charge in [-0.05, 0) is 57.3 Å². The summed E-state index contributed by atoms with van der Waals surface area (Å²) < 4.78 is 3.99. The van der Waals surface area contributed by atoms with Crippen molar-refractivity contribution in [3.8, 4) is 0 Å². The smallest absolute Gasteiger partial charge is 0.0868 e. The normalized spacial score (nSPS) is 10.8. The van der Waals surface area contributed by atoms with Crippen molar-refractivity contribution in [3.63, 3.8) is 0 Å². The fourth-order valence-electron chi connectivity index (χ4n) is 2.02. The second-order valence-corrected chi connectivity index (χ2v) is 6.41. The summed E-state index contributed by atoms with van der Waals surface area (Å²) in [7, 11) is 0. The molecule has 0 bridgehead atoms. The third-order valence-electron chi connectivity index (χ3n) is 3.09. The quantitative estimate of drug-likeness (QED) is 0.714. The number of aryl methyl sites for hydroxylation is 2. The minimum atomic E-state index is 0.640. The van der Waals surface area contributed by atoms with E-state index < -0.39 is 0 Å². The summed E-state index contributed by atoms with van der Waals surface area (Å²) in [6, 6.07) is 5.99. The van der Waals surface area contributed by atoms with Gasteiger partial charge in [-0.15, -0.1) is 0 Å². The predicted octanol–water partition coefficient (Wildman–Crippen LogP) is 5.26. The maximum atomic E-state index is 6.41. The summed E-state index contributed by atoms with van der Waals surface area (Å²) in [5.41, 5.74) is 3.00. The van der Waals surface area contributed by atoms with Gasteiger partial charge in [0.1, 0.15) is 0 Å². The Balaban J connectivity index is 2.25. The first-order valence-corrected chi connectivity index (χ1v) is 8.46. The first-order valence-electron chi connectivity index (χ1n) is 6.50. The van der Waals surface area contributed by atoms with Crippen LogP contribution in [0.4, 0.5) is 5.69 Å². The summed E-state index contributed by atoms with van der Waals surface area (Å²) in [5.74, 6) is 0. The van der Waals surface area contributed by atoms with E-state index in [1.54, 1.807) is 0 Å². The van der Waals surface area contributed by atoms with Gasteiger partial charge in [0.05, 0.1) is 28.6 Å². The number of nitrogens with zero attached hydrogens (tertiary/aromatic N) is 2. The summed E-state index contributed by atoms with van der Waals surface area (Å²) in [6.07, 6.45) is 0.845. The Morgan fingerprint density at radius 1 is 1.25 bits per heavy atom. The van der Waals surface area contributed by atoms with E-state index in [-0.39, 0.29) is 0 Å². The number of nitrogens with one attached hydrogen (secondary N) is 1. The van der Waals surface area contributed by atoms with Gasteiger partial charge in [-0.1, -0.05) is 24.6 Å². The van der Waals surface area contributed by atoms with Crippen LogP contribution in [-0.4, -0.2) is 9.78 Å². The molecule has 0 atom stereocenters. The van der Waals surface area contributed by atoms with Gasteiger partial charge in [0.2, 0.25) is 0 Å². The van der Waals surface area contributed by atoms with Crippen LogP contribution < -0.4 is 5.32 Å². The van der Waals surface area contributed by atoms with Gasteiger partial charge < -0.3 is 5.32 Å². The van der Waals surface area contributed by atoms with Crippen molar-refractivity contribution >= 4 is 49.1 Å². The molecule has 6 heteroatoms. The topological polar surface area (TPSA) is 29.9 Å². The van der Waals surface area contributed by atoms with Crippen molar-refractivity contribution in [1.29, 1.82) is 0 Å². The number of benzene rings is 1. The molecule has 0 aliphatic rings. The Labute approximate surface area is 141 Å². The minimum absolute atomic E-state index is 0.640. The van der Waals surface area contributed by atoms with Gasteiger partial charge in [0.15, 0.2) is 0 Å². The van der Waals surface area contributed by atoms with E-state index in [9.17, 15) is 0 Å². The van der Waals surface area contributed by atoms with Crippen molar-refractivity contribution in [2.75, 3.05) is 5.32 Å². The van der Waals surface area contributed by atoms with Gasteiger partial charge in [-0.2, -0.15) is 5.10 Å². The van der Waals surface area contributed by atoms with E-state index >= 15 is 0 Å². The molecular formula is C14H16Br2ClN3. The average molecular weight is 422 g/mol. The SMILES string of the molecule is CCc1nn(CC)c(CNc2c(Br)cccc2Br)c1Cl. The van der Waals surface area contributed by atoms with Gasteiger partial charge in [-0.3, -0.25) is 4.68 Å². The lowest BCUT2D eigenvalue weighted by Crippen LogP contribution is -2.09. The lowest BCUT2D eigenvalue weighted by Gasteiger charge is -2.12. The first-order chi connectivity index (χ1) is 9.58. The number of rotatable bonds is 5. The minimum Gasteiger partial charge on any atom is -0.378 e. The fraction of sp³-hybridized carbons (Fsp3) is 0.357. The van der Waals surface area contributed by atoms with Crippen molar-refractivity contribution in [2.24, 2.45) is 0 Å². The van der Waals surface area contributed by atoms with Crippen LogP contribution in [0.25, 0.3) is 0 Å². The molecule has 0 aliphatic carbocycles. The average Bonchev–Trinajstić information content (AvgIpc) is 2.74. The molecule has 3 nitrogen and oxygen atoms in total. The molecule has 0 spiro atoms. The summed E-state index contributed by atoms with van der Waals surface area (Å²) in [4.78, 5) is 0. The number of halogens is 3. The van der Waals surface area contributed by atoms with E-state index in [0.717, 1.165) is 44.0 Å². The zero-order valence-corrected chi connectivity index (χ0v) is 15.3. The third-order valence-corrected chi connectivity index (χ3v) is 4.85. The summed E-state index contributed by atoms with van der Waals surface area (Å²) >= 11 is 13.5. The molecule has 1 aromatic heterocycles. The van der Waals surface area contributed by atoms with Crippen molar-refractivity contribution < 1.29 is 0 Å². The van der Waals surface area contributed by atoms with Crippen LogP contribution in [0.15, 0.2) is 27.1 Å². The van der Waals surface area contributed by atoms with Crippen LogP contribution in [0, 0.1) is 0 Å². The van der Waals surface area contributed by atoms with Crippen molar-refractivity contribution in [3.05, 3.63) is 43.6 Å². The van der Waals surface area contributed by atoms with Gasteiger partial charge in [0.25, 0.3) is 0 Å². The second-order valence-electron chi connectivity index (χ2n) is 4.33. The molecule has 0 fully saturated rings. The molecule has 0 amide bonds. The van der Waals surface area contributed by atoms with Crippen LogP contribution >= 0.6 is 43.5 Å². The number of anilines is 1. The van der Waals surface area contributed by atoms with Crippen LogP contribution in [0.2, 0.25) is 5.02 Å². The van der Waals surface area contributed by atoms with E-state index in [1.165, 1.54) is 0 Å². The highest BCUT2D eigenvalue weighted by molar-refractivity contribution is 9.11. The van der Waals surface area contributed by atoms with Gasteiger partial charge >= 0.3 is 0 Å². The molecule has 2 rings (SSSR count). The van der Waals surface area contributed by atoms with Crippen molar-refractivity contribution in [1.82, 2.24) is 9.78 Å². The molecule has 0 unspecified atom stereocenters. The molecule has 1 aromatic carbocycles. The van der Waals surface area contributed by atoms with Crippen LogP contribution in [0.5, 0.6) is 0 Å². The zero-order valence-electron chi connectivity index (χ0n) is 11.4. The first kappa shape index (κ1) is 15.9. The van der Waals surface area contributed by atoms with E-state index in [1.807, 2.05) is 22.9 Å². The summed E-state index contributed by atoms with van der Waals surface area (Å²) in [6.45, 7) is 5.59. The molecule has 1 N–H and O–H groups in total. The van der Waals surface area contributed by atoms with E-state index in [4.69, 9.17) is 11.6 Å². The van der Waals surface area contributed by atoms with Gasteiger partial charge in [0, 0.05) is 15.5 Å². The number of hydrogen-bond donors (Lipinski definition) is 1. The largest absolute Gasteiger partial charge is 0.378 e. The fourth-order valence-corrected chi connectivity index (χ4v) is 3.64. The number of hydrogen-bond acceptors (Lipinski definition) is 2. The highest BCUT2D eigenvalue weighted by Crippen LogP contribution is 2.31. The van der Waals surface area contributed by atoms with Crippen LogP contribution in [0.3, 0.4) is 0 Å². The maximum Gasteiger partial charge on any atom is 0.0868 e. The molecule has 0 radical (unpaired) electrons. The predicted molar refractivity (Wildman–Crippen MR) is 91.5 cm³/mol. The van der Waals surface area contributed by atoms with Crippen LogP contribution in [-0.2, 0) is 19.5 Å². The Morgan fingerprint density at radius 3 is 2.45 bits per heavy atom. The molecule has 0 saturated carbocycles. The second kappa shape index (κ2) is 6.96. The standard InChI is InChI=1S/C14H16Br2ClN3/c1-3-11-13(17)12(20(4-2)19-11)8-18-14-9(15)6-5-7-10(14)16/h5-7,18H,3-4,8H2,1-2H3. The van der Waals surface area contributed by atoms with Crippen molar-refractivity contribution in [2.45, 2.75) is 33.4 Å². The lowest BCUT2D eigenvalue weighted by molar-refractivity contribution is 0.619. The number of aromatic nitrogens is 2. The molecular weight excluding hydrogens is 405 g/mol. The maximum absolute atomic E-state index is 6.41. The van der Waals surface area contributed by atoms with E-state index in [0.29, 0.717) is 6.54 Å². The zero-order chi connectivity index (χ0) is 14.7. The molecule has 0 aliphatic heterocycles. The Morgan fingerprint density at radius 2 is 1.90 bits per heavy atom. The Bertz CT molecular complexity index is 590. The summed E-state index contributed by atoms with van der Waals surface area (Å²) in [5, 5.41) is 8.71. The Hall–Kier alpha value is -0.520.